The average Bonchev–Trinajstić information content (AvgIpc) is 2.71. The zero-order valence-corrected chi connectivity index (χ0v) is 15.6. The molecular weight excluding hydrogens is 286 g/mol. The van der Waals surface area contributed by atoms with Gasteiger partial charge in [0, 0.05) is 24.3 Å². The molecule has 0 unspecified atom stereocenters. The van der Waals surface area contributed by atoms with Crippen LogP contribution in [0.5, 0.6) is 5.95 Å². The maximum Gasteiger partial charge on any atom is 0.272 e. The summed E-state index contributed by atoms with van der Waals surface area (Å²) in [5.41, 5.74) is 0. The van der Waals surface area contributed by atoms with E-state index in [-0.39, 0.29) is 0 Å². The summed E-state index contributed by atoms with van der Waals surface area (Å²) in [7, 11) is -3.09. The maximum atomic E-state index is 6.07. The molecular formula is C14H27NO3Si2. The molecule has 1 aromatic rings. The van der Waals surface area contributed by atoms with E-state index in [4.69, 9.17) is 13.6 Å². The van der Waals surface area contributed by atoms with Gasteiger partial charge in [-0.15, -0.1) is 0 Å². The van der Waals surface area contributed by atoms with Crippen molar-refractivity contribution in [2.45, 2.75) is 39.3 Å². The van der Waals surface area contributed by atoms with Gasteiger partial charge in [-0.25, -0.2) is 0 Å². The van der Waals surface area contributed by atoms with Crippen LogP contribution >= 0.6 is 0 Å². The van der Waals surface area contributed by atoms with Crippen LogP contribution < -0.4 is 14.5 Å². The first-order valence-corrected chi connectivity index (χ1v) is 14.2. The predicted octanol–water partition coefficient (Wildman–Crippen LogP) is 2.88. The lowest BCUT2D eigenvalue weighted by molar-refractivity contribution is 0.120. The number of ether oxygens (including phenoxy) is 1. The number of morpholine rings is 1. The molecule has 1 aliphatic heterocycles. The molecule has 1 fully saturated rings. The Morgan fingerprint density at radius 2 is 1.65 bits per heavy atom. The van der Waals surface area contributed by atoms with Crippen LogP contribution in [0.3, 0.4) is 0 Å². The van der Waals surface area contributed by atoms with Crippen molar-refractivity contribution in [2.75, 3.05) is 31.2 Å². The van der Waals surface area contributed by atoms with Gasteiger partial charge in [0.2, 0.25) is 8.32 Å². The largest absolute Gasteiger partial charge is 0.519 e. The molecule has 0 amide bonds. The molecule has 0 bridgehead atoms. The minimum absolute atomic E-state index is 0.697. The number of nitrogens with zero attached hydrogens (tertiary/aromatic N) is 1. The van der Waals surface area contributed by atoms with E-state index in [0.717, 1.165) is 32.2 Å². The molecule has 0 atom stereocenters. The van der Waals surface area contributed by atoms with Gasteiger partial charge in [0.15, 0.2) is 5.88 Å². The molecule has 0 aliphatic carbocycles. The molecule has 0 aromatic carbocycles. The smallest absolute Gasteiger partial charge is 0.272 e. The third-order valence-electron chi connectivity index (χ3n) is 3.20. The second kappa shape index (κ2) is 5.57. The van der Waals surface area contributed by atoms with Crippen LogP contribution in [0.1, 0.15) is 0 Å². The number of rotatable bonds is 4. The maximum absolute atomic E-state index is 6.07. The van der Waals surface area contributed by atoms with Gasteiger partial charge < -0.3 is 18.5 Å². The zero-order valence-electron chi connectivity index (χ0n) is 13.6. The summed E-state index contributed by atoms with van der Waals surface area (Å²) >= 11 is 0. The Morgan fingerprint density at radius 3 is 2.15 bits per heavy atom. The van der Waals surface area contributed by atoms with E-state index < -0.39 is 16.4 Å². The van der Waals surface area contributed by atoms with Crippen molar-refractivity contribution in [3.05, 3.63) is 6.07 Å². The summed E-state index contributed by atoms with van der Waals surface area (Å²) in [4.78, 5) is 2.30. The first kappa shape index (κ1) is 15.7. The van der Waals surface area contributed by atoms with Crippen molar-refractivity contribution in [2.24, 2.45) is 0 Å². The van der Waals surface area contributed by atoms with E-state index in [1.165, 1.54) is 5.19 Å². The second-order valence-corrected chi connectivity index (χ2v) is 16.8. The van der Waals surface area contributed by atoms with Crippen LogP contribution in [0.25, 0.3) is 0 Å². The zero-order chi connectivity index (χ0) is 15.0. The summed E-state index contributed by atoms with van der Waals surface area (Å²) < 4.78 is 17.6. The average molecular weight is 314 g/mol. The Balaban J connectivity index is 2.32. The third kappa shape index (κ3) is 3.89. The fourth-order valence-corrected chi connectivity index (χ4v) is 4.36. The van der Waals surface area contributed by atoms with Gasteiger partial charge in [-0.3, -0.25) is 0 Å². The van der Waals surface area contributed by atoms with Crippen molar-refractivity contribution in [3.63, 3.8) is 0 Å². The van der Waals surface area contributed by atoms with Gasteiger partial charge >= 0.3 is 0 Å². The molecule has 4 nitrogen and oxygen atoms in total. The van der Waals surface area contributed by atoms with Crippen LogP contribution in [0.2, 0.25) is 39.3 Å². The predicted molar refractivity (Wildman–Crippen MR) is 88.7 cm³/mol. The Kier molecular flexibility index (Phi) is 4.36. The fourth-order valence-electron chi connectivity index (χ4n) is 2.25. The summed E-state index contributed by atoms with van der Waals surface area (Å²) in [6.07, 6.45) is 0. The van der Waals surface area contributed by atoms with Gasteiger partial charge in [0.05, 0.1) is 21.3 Å². The SMILES string of the molecule is C[Si](C)(C)Oc1cc([Si](C)(C)C)c(N2CCOCC2)o1. The molecule has 1 saturated heterocycles. The van der Waals surface area contributed by atoms with Crippen molar-refractivity contribution < 1.29 is 13.6 Å². The molecule has 0 saturated carbocycles. The highest BCUT2D eigenvalue weighted by atomic mass is 28.4. The number of furan rings is 1. The first-order valence-electron chi connectivity index (χ1n) is 7.33. The molecule has 1 aliphatic rings. The quantitative estimate of drug-likeness (QED) is 0.801. The normalized spacial score (nSPS) is 17.4. The van der Waals surface area contributed by atoms with Crippen LogP contribution in [0.4, 0.5) is 5.88 Å². The lowest BCUT2D eigenvalue weighted by Crippen LogP contribution is -2.44. The number of hydrogen-bond acceptors (Lipinski definition) is 4. The van der Waals surface area contributed by atoms with Crippen molar-refractivity contribution in [1.82, 2.24) is 0 Å². The van der Waals surface area contributed by atoms with E-state index in [0.29, 0.717) is 5.95 Å². The summed E-state index contributed by atoms with van der Waals surface area (Å²) in [5.74, 6) is 1.71. The van der Waals surface area contributed by atoms with Crippen molar-refractivity contribution in [3.8, 4) is 5.95 Å². The Bertz CT molecular complexity index is 454. The van der Waals surface area contributed by atoms with Gasteiger partial charge in [0.25, 0.3) is 5.95 Å². The highest BCUT2D eigenvalue weighted by molar-refractivity contribution is 6.89. The molecule has 20 heavy (non-hydrogen) atoms. The van der Waals surface area contributed by atoms with E-state index in [1.54, 1.807) is 0 Å². The van der Waals surface area contributed by atoms with Gasteiger partial charge in [-0.1, -0.05) is 19.6 Å². The van der Waals surface area contributed by atoms with Crippen molar-refractivity contribution in [1.29, 1.82) is 0 Å². The molecule has 0 radical (unpaired) electrons. The lowest BCUT2D eigenvalue weighted by Gasteiger charge is -2.29. The second-order valence-electron chi connectivity index (χ2n) is 7.35. The molecule has 1 aromatic heterocycles. The van der Waals surface area contributed by atoms with Crippen LogP contribution in [0.15, 0.2) is 10.5 Å². The molecule has 0 N–H and O–H groups in total. The minimum Gasteiger partial charge on any atom is -0.519 e. The highest BCUT2D eigenvalue weighted by Gasteiger charge is 2.30. The molecule has 0 spiro atoms. The topological polar surface area (TPSA) is 34.8 Å². The van der Waals surface area contributed by atoms with E-state index >= 15 is 0 Å². The third-order valence-corrected chi connectivity index (χ3v) is 5.99. The monoisotopic (exact) mass is 313 g/mol. The van der Waals surface area contributed by atoms with Crippen LogP contribution in [0, 0.1) is 0 Å². The van der Waals surface area contributed by atoms with E-state index in [9.17, 15) is 0 Å². The summed E-state index contributed by atoms with van der Waals surface area (Å²) in [6, 6.07) is 2.13. The van der Waals surface area contributed by atoms with Crippen molar-refractivity contribution >= 4 is 27.5 Å². The molecule has 2 heterocycles. The van der Waals surface area contributed by atoms with Crippen LogP contribution in [-0.4, -0.2) is 42.7 Å². The van der Waals surface area contributed by atoms with Gasteiger partial charge in [-0.2, -0.15) is 0 Å². The molecule has 6 heteroatoms. The molecule has 114 valence electrons. The lowest BCUT2D eigenvalue weighted by atomic mass is 10.4. The number of anilines is 1. The first-order chi connectivity index (χ1) is 9.17. The van der Waals surface area contributed by atoms with Gasteiger partial charge in [0.1, 0.15) is 0 Å². The van der Waals surface area contributed by atoms with Gasteiger partial charge in [-0.05, 0) is 19.6 Å². The summed E-state index contributed by atoms with van der Waals surface area (Å²) in [6.45, 7) is 16.9. The Morgan fingerprint density at radius 1 is 1.05 bits per heavy atom. The highest BCUT2D eigenvalue weighted by Crippen LogP contribution is 2.28. The number of hydrogen-bond donors (Lipinski definition) is 0. The fraction of sp³-hybridized carbons (Fsp3) is 0.714. The van der Waals surface area contributed by atoms with Crippen LogP contribution in [-0.2, 0) is 4.74 Å². The minimum atomic E-state index is -1.64. The Labute approximate surface area is 124 Å². The summed E-state index contributed by atoms with van der Waals surface area (Å²) in [5, 5.41) is 1.35. The Hall–Kier alpha value is -0.726. The molecule has 2 rings (SSSR count). The van der Waals surface area contributed by atoms with E-state index in [1.807, 2.05) is 0 Å². The standard InChI is InChI=1S/C14H27NO3Si2/c1-19(2,3)12-11-13(18-20(4,5)6)17-14(12)15-7-9-16-10-8-15/h11H,7-10H2,1-6H3. The van der Waals surface area contributed by atoms with E-state index in [2.05, 4.69) is 50.2 Å².